The highest BCUT2D eigenvalue weighted by atomic mass is 31.2. The lowest BCUT2D eigenvalue weighted by Gasteiger charge is -2.21. The monoisotopic (exact) mass is 1520 g/mol. The summed E-state index contributed by atoms with van der Waals surface area (Å²) in [5, 5.41) is 10.6. The van der Waals surface area contributed by atoms with Crippen LogP contribution in [0.5, 0.6) is 0 Å². The number of ether oxygens (including phenoxy) is 4. The fourth-order valence-electron chi connectivity index (χ4n) is 9.81. The van der Waals surface area contributed by atoms with Crippen LogP contribution in [0.1, 0.15) is 285 Å². The Hall–Kier alpha value is -5.84. The predicted octanol–water partition coefficient (Wildman–Crippen LogP) is 23.6. The number of rotatable bonds is 73. The first-order chi connectivity index (χ1) is 51.7. The van der Waals surface area contributed by atoms with Crippen molar-refractivity contribution in [3.8, 4) is 0 Å². The van der Waals surface area contributed by atoms with Crippen molar-refractivity contribution in [2.45, 2.75) is 303 Å². The van der Waals surface area contributed by atoms with E-state index in [2.05, 4.69) is 180 Å². The maximum absolute atomic E-state index is 13.1. The summed E-state index contributed by atoms with van der Waals surface area (Å²) in [6.07, 6.45) is 93.2. The van der Waals surface area contributed by atoms with Gasteiger partial charge in [0.1, 0.15) is 19.3 Å². The second-order valence-electron chi connectivity index (χ2n) is 25.9. The SMILES string of the molecule is CC/C=C\C/C=C\C/C=C\C/C=C\C/C=C\C/C=C\CCC(=O)OCC(COP(=O)(O)OCC(O)COP(=O)(O)OCC(COC(=O)CCC/C=C\C/C=C\C/C=C\C/C=C\C/C=C\CC)OC(=O)CCCCCCC/C=C\C/C=C\CCCCC)OC(=O)CCCCCCC/C=C\C/C=C\CCCCC. The normalized spacial score (nSPS) is 14.8. The standard InChI is InChI=1S/C87H140O17P2/c1-5-9-13-17-21-25-29-33-37-39-40-42-46-48-52-56-60-64-68-72-85(90)98-78-83(104-87(92)74-70-66-62-58-54-50-44-36-32-28-24-20-16-12-8-4)80-102-106(95,96)100-76-81(88)75-99-105(93,94)101-79-82(103-86(91)73-69-65-61-57-53-49-43-35-31-27-23-19-15-11-7-3)77-97-84(89)71-67-63-59-55-51-47-45-41-38-34-30-26-22-18-14-10-6-2/h9-10,13-14,21-28,33-38,40,42-45,47-48,52,55,59-60,64,81-83,88H,5-8,11-12,15-20,29-32,39,41,46,49-51,53-54,56-58,61-63,65-80H2,1-4H3,(H,93,94)(H,95,96)/b13-9-,14-10-,25-21-,26-22-,27-23-,28-24-,37-33-,38-34-,42-40-,43-35-,44-36-,47-45-,52-48-,59-55-,64-60-. The summed E-state index contributed by atoms with van der Waals surface area (Å²) in [5.74, 6) is -2.39. The van der Waals surface area contributed by atoms with Crippen molar-refractivity contribution in [3.63, 3.8) is 0 Å². The zero-order valence-electron chi connectivity index (χ0n) is 65.5. The van der Waals surface area contributed by atoms with E-state index in [1.54, 1.807) is 0 Å². The summed E-state index contributed by atoms with van der Waals surface area (Å²) < 4.78 is 68.5. The topological polar surface area (TPSA) is 237 Å². The van der Waals surface area contributed by atoms with Gasteiger partial charge in [0.2, 0.25) is 0 Å². The number of esters is 4. The quantitative estimate of drug-likeness (QED) is 0.0169. The van der Waals surface area contributed by atoms with E-state index in [1.165, 1.54) is 38.5 Å². The molecule has 0 aromatic carbocycles. The summed E-state index contributed by atoms with van der Waals surface area (Å²) in [7, 11) is -10.0. The molecule has 0 aromatic rings. The number of hydrogen-bond acceptors (Lipinski definition) is 15. The van der Waals surface area contributed by atoms with Gasteiger partial charge >= 0.3 is 39.5 Å². The highest BCUT2D eigenvalue weighted by Crippen LogP contribution is 2.45. The maximum Gasteiger partial charge on any atom is 0.472 e. The van der Waals surface area contributed by atoms with Crippen LogP contribution in [-0.2, 0) is 65.4 Å². The summed E-state index contributed by atoms with van der Waals surface area (Å²) in [6.45, 7) is 4.39. The number of aliphatic hydroxyl groups is 1. The van der Waals surface area contributed by atoms with Crippen molar-refractivity contribution in [2.75, 3.05) is 39.6 Å². The Bertz CT molecular complexity index is 2730. The second-order valence-corrected chi connectivity index (χ2v) is 28.8. The Kier molecular flexibility index (Phi) is 73.1. The summed E-state index contributed by atoms with van der Waals surface area (Å²) in [5.41, 5.74) is 0. The molecule has 0 saturated heterocycles. The summed E-state index contributed by atoms with van der Waals surface area (Å²) in [6, 6.07) is 0. The van der Waals surface area contributed by atoms with Gasteiger partial charge in [-0.05, 0) is 167 Å². The highest BCUT2D eigenvalue weighted by Gasteiger charge is 2.30. The molecule has 0 aliphatic heterocycles. The van der Waals surface area contributed by atoms with E-state index >= 15 is 0 Å². The Morgan fingerprint density at radius 3 is 0.840 bits per heavy atom. The molecule has 0 spiro atoms. The number of carbonyl (C=O) groups excluding carboxylic acids is 4. The maximum atomic E-state index is 13.1. The molecule has 0 radical (unpaired) electrons. The largest absolute Gasteiger partial charge is 0.472 e. The van der Waals surface area contributed by atoms with E-state index in [9.17, 15) is 43.2 Å². The molecular formula is C87H140O17P2. The molecule has 0 amide bonds. The van der Waals surface area contributed by atoms with Crippen LogP contribution < -0.4 is 0 Å². The van der Waals surface area contributed by atoms with Crippen LogP contribution in [0.15, 0.2) is 182 Å². The lowest BCUT2D eigenvalue weighted by molar-refractivity contribution is -0.161. The van der Waals surface area contributed by atoms with Crippen molar-refractivity contribution >= 4 is 39.5 Å². The van der Waals surface area contributed by atoms with Crippen molar-refractivity contribution in [3.05, 3.63) is 182 Å². The van der Waals surface area contributed by atoms with E-state index < -0.39 is 97.5 Å². The predicted molar refractivity (Wildman–Crippen MR) is 436 cm³/mol. The van der Waals surface area contributed by atoms with Gasteiger partial charge in [0.25, 0.3) is 0 Å². The molecule has 0 bridgehead atoms. The van der Waals surface area contributed by atoms with Crippen LogP contribution in [-0.4, -0.2) is 96.7 Å². The van der Waals surface area contributed by atoms with Crippen LogP contribution in [0.2, 0.25) is 0 Å². The van der Waals surface area contributed by atoms with Gasteiger partial charge in [-0.2, -0.15) is 0 Å². The summed E-state index contributed by atoms with van der Waals surface area (Å²) in [4.78, 5) is 73.0. The summed E-state index contributed by atoms with van der Waals surface area (Å²) >= 11 is 0. The second kappa shape index (κ2) is 77.3. The number of hydrogen-bond donors (Lipinski definition) is 3. The van der Waals surface area contributed by atoms with Crippen LogP contribution in [0.25, 0.3) is 0 Å². The Morgan fingerprint density at radius 1 is 0.274 bits per heavy atom. The fourth-order valence-corrected chi connectivity index (χ4v) is 11.4. The van der Waals surface area contributed by atoms with Gasteiger partial charge < -0.3 is 33.8 Å². The number of unbranched alkanes of at least 4 members (excludes halogenated alkanes) is 17. The average molecular weight is 1520 g/mol. The minimum absolute atomic E-state index is 0.0254. The van der Waals surface area contributed by atoms with Gasteiger partial charge in [0, 0.05) is 25.7 Å². The number of phosphoric acid groups is 2. The van der Waals surface area contributed by atoms with E-state index in [0.717, 1.165) is 154 Å². The van der Waals surface area contributed by atoms with E-state index in [-0.39, 0.29) is 25.7 Å². The lowest BCUT2D eigenvalue weighted by atomic mass is 10.1. The molecule has 0 fully saturated rings. The lowest BCUT2D eigenvalue weighted by Crippen LogP contribution is -2.30. The first kappa shape index (κ1) is 100. The zero-order chi connectivity index (χ0) is 77.4. The molecule has 5 unspecified atom stereocenters. The molecule has 19 heteroatoms. The van der Waals surface area contributed by atoms with E-state index in [0.29, 0.717) is 38.5 Å². The van der Waals surface area contributed by atoms with Crippen LogP contribution in [0, 0.1) is 0 Å². The molecule has 0 saturated carbocycles. The zero-order valence-corrected chi connectivity index (χ0v) is 67.3. The third-order valence-electron chi connectivity index (χ3n) is 15.8. The Labute approximate surface area is 641 Å². The van der Waals surface area contributed by atoms with Crippen LogP contribution in [0.4, 0.5) is 0 Å². The van der Waals surface area contributed by atoms with E-state index in [4.69, 9.17) is 37.0 Å². The molecule has 0 heterocycles. The third-order valence-corrected chi connectivity index (χ3v) is 17.7. The Balaban J connectivity index is 5.52. The van der Waals surface area contributed by atoms with Gasteiger partial charge in [-0.1, -0.05) is 274 Å². The smallest absolute Gasteiger partial charge is 0.462 e. The number of aliphatic hydroxyl groups excluding tert-OH is 1. The third kappa shape index (κ3) is 76.4. The molecule has 0 rings (SSSR count). The van der Waals surface area contributed by atoms with Crippen LogP contribution >= 0.6 is 15.6 Å². The minimum atomic E-state index is -5.01. The average Bonchev–Trinajstić information content (AvgIpc) is 0.909. The molecule has 17 nitrogen and oxygen atoms in total. The molecule has 0 aliphatic carbocycles. The molecular weight excluding hydrogens is 1380 g/mol. The number of carbonyl (C=O) groups is 4. The van der Waals surface area contributed by atoms with Gasteiger partial charge in [-0.25, -0.2) is 9.13 Å². The van der Waals surface area contributed by atoms with Gasteiger partial charge in [0.05, 0.1) is 26.4 Å². The van der Waals surface area contributed by atoms with Crippen molar-refractivity contribution in [1.82, 2.24) is 0 Å². The van der Waals surface area contributed by atoms with Gasteiger partial charge in [0.15, 0.2) is 12.2 Å². The van der Waals surface area contributed by atoms with Crippen molar-refractivity contribution in [1.29, 1.82) is 0 Å². The van der Waals surface area contributed by atoms with Crippen molar-refractivity contribution < 1.29 is 80.2 Å². The fraction of sp³-hybridized carbons (Fsp3) is 0.609. The first-order valence-corrected chi connectivity index (χ1v) is 43.0. The van der Waals surface area contributed by atoms with Crippen LogP contribution in [0.3, 0.4) is 0 Å². The number of phosphoric ester groups is 2. The molecule has 106 heavy (non-hydrogen) atoms. The molecule has 0 aromatic heterocycles. The molecule has 0 aliphatic rings. The minimum Gasteiger partial charge on any atom is -0.462 e. The highest BCUT2D eigenvalue weighted by molar-refractivity contribution is 7.47. The van der Waals surface area contributed by atoms with Gasteiger partial charge in [-0.15, -0.1) is 0 Å². The van der Waals surface area contributed by atoms with Crippen molar-refractivity contribution in [2.24, 2.45) is 0 Å². The number of allylic oxidation sites excluding steroid dienone is 30. The molecule has 3 N–H and O–H groups in total. The first-order valence-electron chi connectivity index (χ1n) is 40.0. The van der Waals surface area contributed by atoms with E-state index in [1.807, 2.05) is 30.4 Å². The Morgan fingerprint density at radius 2 is 0.519 bits per heavy atom. The van der Waals surface area contributed by atoms with Gasteiger partial charge in [-0.3, -0.25) is 37.3 Å². The molecule has 5 atom stereocenters. The molecule has 600 valence electrons.